The van der Waals surface area contributed by atoms with Crippen molar-refractivity contribution < 1.29 is 68.9 Å². The first-order valence-corrected chi connectivity index (χ1v) is 13.3. The minimum Gasteiger partial charge on any atom is -0.544 e. The molecule has 0 aromatic rings. The molecule has 0 aliphatic carbocycles. The number of aliphatic hydroxyl groups is 4. The number of hydrogen-bond acceptors (Lipinski definition) is 12. The van der Waals surface area contributed by atoms with E-state index >= 15 is 0 Å². The van der Waals surface area contributed by atoms with Crippen molar-refractivity contribution in [1.82, 2.24) is 0 Å². The van der Waals surface area contributed by atoms with Crippen LogP contribution in [-0.2, 0) is 33.3 Å². The fraction of sp³-hybridized carbons (Fsp3) is 0.536. The van der Waals surface area contributed by atoms with Gasteiger partial charge in [-0.2, -0.15) is 0 Å². The molecule has 232 valence electrons. The number of rotatable bonds is 11. The van der Waals surface area contributed by atoms with Gasteiger partial charge in [-0.1, -0.05) is 32.1 Å². The van der Waals surface area contributed by atoms with Crippen molar-refractivity contribution in [2.75, 3.05) is 20.3 Å². The first-order chi connectivity index (χ1) is 19.8. The number of carbonyl (C=O) groups excluding carboxylic acids is 2. The largest absolute Gasteiger partial charge is 0.544 e. The molecule has 10 unspecified atom stereocenters. The van der Waals surface area contributed by atoms with Crippen LogP contribution in [0.1, 0.15) is 13.8 Å². The standard InChI is InChI=1S/C28H37NO13/c1-5-16-17(7-6-14-8-15(24(34)35)10-29(9-14)20(13(2)3)25(36)37)18(26(38)39-4)12-40-27(16)42-28-23(33)22(32)21(31)19(11-30)41-28/h5-8,10,12-13,16-17,19-23,27-28,30-33H,1,9,11H2,2-4H3,(H,34,35)(H,36,37). The van der Waals surface area contributed by atoms with Crippen molar-refractivity contribution in [3.05, 3.63) is 60.1 Å². The highest BCUT2D eigenvalue weighted by Crippen LogP contribution is 2.36. The van der Waals surface area contributed by atoms with Crippen LogP contribution in [0.25, 0.3) is 0 Å². The maximum absolute atomic E-state index is 12.6. The summed E-state index contributed by atoms with van der Waals surface area (Å²) in [6, 6.07) is -1.03. The molecule has 0 radical (unpaired) electrons. The Kier molecular flexibility index (Phi) is 11.2. The molecule has 0 amide bonds. The van der Waals surface area contributed by atoms with Crippen LogP contribution in [0.2, 0.25) is 0 Å². The number of aliphatic hydroxyl groups excluding tert-OH is 4. The Bertz CT molecular complexity index is 1160. The molecule has 14 heteroatoms. The van der Waals surface area contributed by atoms with Gasteiger partial charge in [0, 0.05) is 17.4 Å². The molecule has 0 aromatic heterocycles. The van der Waals surface area contributed by atoms with E-state index in [1.54, 1.807) is 26.0 Å². The average molecular weight is 596 g/mol. The number of aliphatic carboxylic acids is 2. The molecule has 0 saturated carbocycles. The van der Waals surface area contributed by atoms with E-state index in [4.69, 9.17) is 18.9 Å². The van der Waals surface area contributed by atoms with E-state index in [1.807, 2.05) is 0 Å². The van der Waals surface area contributed by atoms with Crippen LogP contribution in [0, 0.1) is 17.8 Å². The van der Waals surface area contributed by atoms with Crippen molar-refractivity contribution in [2.45, 2.75) is 56.9 Å². The summed E-state index contributed by atoms with van der Waals surface area (Å²) < 4.78 is 21.7. The SMILES string of the molecule is C=CC1C(OC2OC(CO)C(O)C(O)C2O)OC=C(C(=O)OC)C1C=CC1=CC(C(=O)O)=C[NH+](C(C(=O)[O-])C(C)C)C1. The summed E-state index contributed by atoms with van der Waals surface area (Å²) in [5, 5.41) is 61.6. The summed E-state index contributed by atoms with van der Waals surface area (Å²) >= 11 is 0. The number of carbonyl (C=O) groups is 3. The molecule has 0 bridgehead atoms. The van der Waals surface area contributed by atoms with E-state index in [-0.39, 0.29) is 23.6 Å². The number of carboxylic acids is 2. The van der Waals surface area contributed by atoms with Gasteiger partial charge in [0.25, 0.3) is 0 Å². The quantitative estimate of drug-likeness (QED) is 0.102. The van der Waals surface area contributed by atoms with Crippen LogP contribution < -0.4 is 10.0 Å². The molecule has 1 saturated heterocycles. The molecule has 3 heterocycles. The van der Waals surface area contributed by atoms with Crippen LogP contribution in [0.15, 0.2) is 60.1 Å². The number of ether oxygens (including phenoxy) is 4. The van der Waals surface area contributed by atoms with Gasteiger partial charge in [0.2, 0.25) is 6.29 Å². The summed E-state index contributed by atoms with van der Waals surface area (Å²) in [4.78, 5) is 36.6. The van der Waals surface area contributed by atoms with E-state index in [2.05, 4.69) is 6.58 Å². The van der Waals surface area contributed by atoms with Crippen molar-refractivity contribution in [2.24, 2.45) is 17.8 Å². The number of carboxylic acid groups (broad SMARTS) is 2. The Morgan fingerprint density at radius 1 is 1.19 bits per heavy atom. The number of quaternary nitrogens is 1. The first kappa shape index (κ1) is 33.1. The maximum atomic E-state index is 12.6. The Morgan fingerprint density at radius 2 is 1.88 bits per heavy atom. The lowest BCUT2D eigenvalue weighted by molar-refractivity contribution is -0.867. The van der Waals surface area contributed by atoms with Crippen molar-refractivity contribution in [1.29, 1.82) is 0 Å². The third-order valence-electron chi connectivity index (χ3n) is 7.40. The third-order valence-corrected chi connectivity index (χ3v) is 7.40. The Labute approximate surface area is 242 Å². The number of allylic oxidation sites excluding steroid dienone is 1. The van der Waals surface area contributed by atoms with Gasteiger partial charge >= 0.3 is 11.9 Å². The molecule has 10 atom stereocenters. The van der Waals surface area contributed by atoms with E-state index in [0.29, 0.717) is 10.5 Å². The molecule has 42 heavy (non-hydrogen) atoms. The predicted molar refractivity (Wildman–Crippen MR) is 139 cm³/mol. The van der Waals surface area contributed by atoms with E-state index in [1.165, 1.54) is 25.5 Å². The lowest BCUT2D eigenvalue weighted by Crippen LogP contribution is -3.14. The van der Waals surface area contributed by atoms with Crippen LogP contribution in [0.4, 0.5) is 0 Å². The molecule has 0 spiro atoms. The second-order valence-electron chi connectivity index (χ2n) is 10.5. The van der Waals surface area contributed by atoms with Crippen molar-refractivity contribution >= 4 is 17.9 Å². The highest BCUT2D eigenvalue weighted by Gasteiger charge is 2.47. The predicted octanol–water partition coefficient (Wildman–Crippen LogP) is -3.24. The number of methoxy groups -OCH3 is 1. The van der Waals surface area contributed by atoms with Crippen molar-refractivity contribution in [3.8, 4) is 0 Å². The second-order valence-corrected chi connectivity index (χ2v) is 10.5. The summed E-state index contributed by atoms with van der Waals surface area (Å²) in [6.45, 7) is 6.61. The Morgan fingerprint density at radius 3 is 2.43 bits per heavy atom. The van der Waals surface area contributed by atoms with Gasteiger partial charge in [0.15, 0.2) is 6.29 Å². The van der Waals surface area contributed by atoms with E-state index in [0.717, 1.165) is 6.26 Å². The highest BCUT2D eigenvalue weighted by atomic mass is 16.8. The smallest absolute Gasteiger partial charge is 0.341 e. The molecule has 14 nitrogen and oxygen atoms in total. The monoisotopic (exact) mass is 595 g/mol. The van der Waals surface area contributed by atoms with Crippen LogP contribution >= 0.6 is 0 Å². The van der Waals surface area contributed by atoms with Gasteiger partial charge in [0.05, 0.1) is 37.4 Å². The normalized spacial score (nSPS) is 34.1. The van der Waals surface area contributed by atoms with Gasteiger partial charge in [-0.05, 0) is 6.08 Å². The van der Waals surface area contributed by atoms with E-state index < -0.39 is 79.4 Å². The summed E-state index contributed by atoms with van der Waals surface area (Å²) in [6.07, 6.45) is -0.672. The second kappa shape index (κ2) is 14.2. The summed E-state index contributed by atoms with van der Waals surface area (Å²) in [5.41, 5.74) is 0.376. The average Bonchev–Trinajstić information content (AvgIpc) is 2.95. The molecule has 1 fully saturated rings. The van der Waals surface area contributed by atoms with Gasteiger partial charge in [-0.25, -0.2) is 9.59 Å². The molecular formula is C28H37NO13. The maximum Gasteiger partial charge on any atom is 0.341 e. The van der Waals surface area contributed by atoms with Crippen LogP contribution in [-0.4, -0.2) is 107 Å². The van der Waals surface area contributed by atoms with Gasteiger partial charge in [-0.3, -0.25) is 4.90 Å². The molecule has 0 aromatic carbocycles. The zero-order valence-electron chi connectivity index (χ0n) is 23.4. The summed E-state index contributed by atoms with van der Waals surface area (Å²) in [7, 11) is 1.17. The van der Waals surface area contributed by atoms with Gasteiger partial charge in [-0.15, -0.1) is 6.58 Å². The lowest BCUT2D eigenvalue weighted by Gasteiger charge is -2.42. The molecule has 3 rings (SSSR count). The van der Waals surface area contributed by atoms with Crippen molar-refractivity contribution in [3.63, 3.8) is 0 Å². The zero-order chi connectivity index (χ0) is 31.3. The molecule has 3 aliphatic rings. The molecule has 6 N–H and O–H groups in total. The number of nitrogens with one attached hydrogen (secondary N) is 1. The van der Waals surface area contributed by atoms with Gasteiger partial charge < -0.3 is 54.4 Å². The first-order valence-electron chi connectivity index (χ1n) is 13.3. The minimum absolute atomic E-state index is 0.0525. The van der Waals surface area contributed by atoms with Crippen LogP contribution in [0.5, 0.6) is 0 Å². The van der Waals surface area contributed by atoms with Gasteiger partial charge in [0.1, 0.15) is 48.8 Å². The number of hydrogen-bond donors (Lipinski definition) is 6. The minimum atomic E-state index is -1.71. The Balaban J connectivity index is 1.93. The Hall–Kier alpha value is -3.37. The third kappa shape index (κ3) is 7.15. The zero-order valence-corrected chi connectivity index (χ0v) is 23.4. The lowest BCUT2D eigenvalue weighted by atomic mass is 9.83. The summed E-state index contributed by atoms with van der Waals surface area (Å²) in [5.74, 6) is -5.35. The fourth-order valence-electron chi connectivity index (χ4n) is 5.20. The topological polar surface area (TPSA) is 217 Å². The number of esters is 1. The van der Waals surface area contributed by atoms with E-state index in [9.17, 15) is 45.0 Å². The fourth-order valence-corrected chi connectivity index (χ4v) is 5.20. The molecular weight excluding hydrogens is 558 g/mol. The van der Waals surface area contributed by atoms with Crippen LogP contribution in [0.3, 0.4) is 0 Å². The highest BCUT2D eigenvalue weighted by molar-refractivity contribution is 5.90. The molecule has 3 aliphatic heterocycles.